The van der Waals surface area contributed by atoms with Gasteiger partial charge in [0.25, 0.3) is 0 Å². The number of halogens is 1. The van der Waals surface area contributed by atoms with Crippen molar-refractivity contribution >= 4 is 22.9 Å². The molecule has 96 valence electrons. The summed E-state index contributed by atoms with van der Waals surface area (Å²) in [5.74, 6) is 0.868. The van der Waals surface area contributed by atoms with Crippen LogP contribution in [0.2, 0.25) is 4.34 Å². The third-order valence-electron chi connectivity index (χ3n) is 2.88. The van der Waals surface area contributed by atoms with Gasteiger partial charge >= 0.3 is 0 Å². The Morgan fingerprint density at radius 2 is 2.11 bits per heavy atom. The molecule has 1 heterocycles. The molecule has 2 aromatic rings. The number of benzene rings is 1. The Labute approximate surface area is 117 Å². The molecule has 0 fully saturated rings. The van der Waals surface area contributed by atoms with Crippen LogP contribution in [0, 0.1) is 6.92 Å². The first-order chi connectivity index (χ1) is 8.65. The van der Waals surface area contributed by atoms with Crippen LogP contribution in [0.25, 0.3) is 0 Å². The standard InChI is InChI=1S/C14H16ClNOS/c1-9-7-12(18-14(9)15)13(16-2)10-5-4-6-11(8-10)17-3/h4-8,13,16H,1-3H3. The van der Waals surface area contributed by atoms with Crippen LogP contribution in [-0.4, -0.2) is 14.2 Å². The second-order valence-electron chi connectivity index (χ2n) is 4.10. The van der Waals surface area contributed by atoms with Gasteiger partial charge in [0.15, 0.2) is 0 Å². The Kier molecular flexibility index (Phi) is 4.27. The molecule has 0 saturated carbocycles. The van der Waals surface area contributed by atoms with Crippen LogP contribution in [0.5, 0.6) is 5.75 Å². The summed E-state index contributed by atoms with van der Waals surface area (Å²) in [5.41, 5.74) is 2.30. The number of hydrogen-bond donors (Lipinski definition) is 1. The highest BCUT2D eigenvalue weighted by Crippen LogP contribution is 2.34. The SMILES string of the molecule is CNC(c1cccc(OC)c1)c1cc(C)c(Cl)s1. The molecule has 0 amide bonds. The molecule has 2 nitrogen and oxygen atoms in total. The fourth-order valence-corrected chi connectivity index (χ4v) is 3.28. The highest BCUT2D eigenvalue weighted by atomic mass is 35.5. The van der Waals surface area contributed by atoms with Gasteiger partial charge in [0.05, 0.1) is 17.5 Å². The first-order valence-corrected chi connectivity index (χ1v) is 6.92. The van der Waals surface area contributed by atoms with Gasteiger partial charge in [-0.1, -0.05) is 23.7 Å². The number of rotatable bonds is 4. The van der Waals surface area contributed by atoms with E-state index in [0.29, 0.717) is 0 Å². The second kappa shape index (κ2) is 5.74. The van der Waals surface area contributed by atoms with Crippen molar-refractivity contribution in [1.82, 2.24) is 5.32 Å². The molecule has 1 aromatic heterocycles. The van der Waals surface area contributed by atoms with E-state index in [9.17, 15) is 0 Å². The van der Waals surface area contributed by atoms with E-state index in [-0.39, 0.29) is 6.04 Å². The van der Waals surface area contributed by atoms with Crippen molar-refractivity contribution in [3.05, 3.63) is 50.7 Å². The van der Waals surface area contributed by atoms with Crippen LogP contribution in [0.15, 0.2) is 30.3 Å². The zero-order valence-corrected chi connectivity index (χ0v) is 12.2. The zero-order valence-electron chi connectivity index (χ0n) is 10.7. The molecule has 1 N–H and O–H groups in total. The molecule has 1 atom stereocenters. The fraction of sp³-hybridized carbons (Fsp3) is 0.286. The maximum atomic E-state index is 6.14. The average molecular weight is 282 g/mol. The third kappa shape index (κ3) is 2.69. The van der Waals surface area contributed by atoms with Gasteiger partial charge in [-0.2, -0.15) is 0 Å². The Morgan fingerprint density at radius 3 is 2.67 bits per heavy atom. The number of hydrogen-bond acceptors (Lipinski definition) is 3. The quantitative estimate of drug-likeness (QED) is 0.914. The highest BCUT2D eigenvalue weighted by molar-refractivity contribution is 7.16. The van der Waals surface area contributed by atoms with Gasteiger partial charge < -0.3 is 10.1 Å². The molecule has 2 rings (SSSR count). The molecule has 0 saturated heterocycles. The lowest BCUT2D eigenvalue weighted by Crippen LogP contribution is -2.16. The molecule has 0 aliphatic heterocycles. The summed E-state index contributed by atoms with van der Waals surface area (Å²) < 4.78 is 6.12. The van der Waals surface area contributed by atoms with Crippen LogP contribution in [0.1, 0.15) is 22.0 Å². The molecule has 0 radical (unpaired) electrons. The number of aryl methyl sites for hydroxylation is 1. The van der Waals surface area contributed by atoms with Crippen molar-refractivity contribution in [2.45, 2.75) is 13.0 Å². The minimum absolute atomic E-state index is 0.149. The molecule has 0 spiro atoms. The Bertz CT molecular complexity index is 519. The van der Waals surface area contributed by atoms with E-state index in [2.05, 4.69) is 17.4 Å². The summed E-state index contributed by atoms with van der Waals surface area (Å²) in [6.45, 7) is 2.03. The minimum atomic E-state index is 0.149. The van der Waals surface area contributed by atoms with Crippen molar-refractivity contribution in [2.75, 3.05) is 14.2 Å². The molecule has 1 aromatic carbocycles. The van der Waals surface area contributed by atoms with E-state index in [4.69, 9.17) is 16.3 Å². The normalized spacial score (nSPS) is 12.4. The number of nitrogens with one attached hydrogen (secondary N) is 1. The van der Waals surface area contributed by atoms with Gasteiger partial charge in [-0.3, -0.25) is 0 Å². The van der Waals surface area contributed by atoms with Crippen LogP contribution < -0.4 is 10.1 Å². The monoisotopic (exact) mass is 281 g/mol. The molecule has 0 bridgehead atoms. The topological polar surface area (TPSA) is 21.3 Å². The smallest absolute Gasteiger partial charge is 0.119 e. The average Bonchev–Trinajstić information content (AvgIpc) is 2.70. The van der Waals surface area contributed by atoms with E-state index < -0.39 is 0 Å². The number of ether oxygens (including phenoxy) is 1. The van der Waals surface area contributed by atoms with E-state index in [1.807, 2.05) is 32.2 Å². The lowest BCUT2D eigenvalue weighted by molar-refractivity contribution is 0.414. The molecule has 1 unspecified atom stereocenters. The van der Waals surface area contributed by atoms with E-state index in [1.54, 1.807) is 18.4 Å². The first-order valence-electron chi connectivity index (χ1n) is 5.72. The van der Waals surface area contributed by atoms with Gasteiger partial charge in [-0.05, 0) is 43.3 Å². The lowest BCUT2D eigenvalue weighted by atomic mass is 10.0. The van der Waals surface area contributed by atoms with Crippen molar-refractivity contribution in [1.29, 1.82) is 0 Å². The fourth-order valence-electron chi connectivity index (χ4n) is 1.92. The summed E-state index contributed by atoms with van der Waals surface area (Å²) in [6.07, 6.45) is 0. The van der Waals surface area contributed by atoms with Gasteiger partial charge in [0, 0.05) is 4.88 Å². The lowest BCUT2D eigenvalue weighted by Gasteiger charge is -2.15. The maximum Gasteiger partial charge on any atom is 0.119 e. The molecular weight excluding hydrogens is 266 g/mol. The van der Waals surface area contributed by atoms with Crippen LogP contribution >= 0.6 is 22.9 Å². The predicted molar refractivity (Wildman–Crippen MR) is 78.0 cm³/mol. The van der Waals surface area contributed by atoms with E-state index in [1.165, 1.54) is 10.4 Å². The van der Waals surface area contributed by atoms with Gasteiger partial charge in [-0.15, -0.1) is 11.3 Å². The van der Waals surface area contributed by atoms with Crippen LogP contribution in [0.3, 0.4) is 0 Å². The summed E-state index contributed by atoms with van der Waals surface area (Å²) in [7, 11) is 3.63. The summed E-state index contributed by atoms with van der Waals surface area (Å²) in [6, 6.07) is 10.4. The Hall–Kier alpha value is -1.03. The van der Waals surface area contributed by atoms with Crippen molar-refractivity contribution in [3.63, 3.8) is 0 Å². The third-order valence-corrected chi connectivity index (χ3v) is 4.50. The van der Waals surface area contributed by atoms with Crippen LogP contribution in [0.4, 0.5) is 0 Å². The molecule has 0 aliphatic rings. The molecule has 4 heteroatoms. The molecular formula is C14H16ClNOS. The second-order valence-corrected chi connectivity index (χ2v) is 5.79. The summed E-state index contributed by atoms with van der Waals surface area (Å²) >= 11 is 7.76. The minimum Gasteiger partial charge on any atom is -0.497 e. The van der Waals surface area contributed by atoms with Gasteiger partial charge in [0.1, 0.15) is 5.75 Å². The maximum absolute atomic E-state index is 6.14. The Balaban J connectivity index is 2.38. The van der Waals surface area contributed by atoms with Crippen molar-refractivity contribution in [3.8, 4) is 5.75 Å². The Morgan fingerprint density at radius 1 is 1.33 bits per heavy atom. The van der Waals surface area contributed by atoms with Gasteiger partial charge in [-0.25, -0.2) is 0 Å². The highest BCUT2D eigenvalue weighted by Gasteiger charge is 2.16. The number of methoxy groups -OCH3 is 1. The van der Waals surface area contributed by atoms with Crippen molar-refractivity contribution < 1.29 is 4.74 Å². The predicted octanol–water partition coefficient (Wildman–Crippen LogP) is 4.03. The summed E-state index contributed by atoms with van der Waals surface area (Å²) in [4.78, 5) is 1.22. The molecule has 0 aliphatic carbocycles. The first kappa shape index (κ1) is 13.4. The van der Waals surface area contributed by atoms with Crippen molar-refractivity contribution in [2.24, 2.45) is 0 Å². The largest absolute Gasteiger partial charge is 0.497 e. The summed E-state index contributed by atoms with van der Waals surface area (Å²) in [5, 5.41) is 3.32. The van der Waals surface area contributed by atoms with Gasteiger partial charge in [0.2, 0.25) is 0 Å². The molecule has 18 heavy (non-hydrogen) atoms. The van der Waals surface area contributed by atoms with E-state index in [0.717, 1.165) is 15.6 Å². The number of thiophene rings is 1. The van der Waals surface area contributed by atoms with Crippen LogP contribution in [-0.2, 0) is 0 Å². The zero-order chi connectivity index (χ0) is 13.1. The van der Waals surface area contributed by atoms with E-state index >= 15 is 0 Å².